The number of rotatable bonds is 5. The molecule has 2 fully saturated rings. The molecule has 1 N–H and O–H groups in total. The molecule has 1 aliphatic heterocycles. The predicted molar refractivity (Wildman–Crippen MR) is 94.7 cm³/mol. The summed E-state index contributed by atoms with van der Waals surface area (Å²) in [5.41, 5.74) is 0.661. The Balaban J connectivity index is 1.57. The molecule has 0 aromatic heterocycles. The highest BCUT2D eigenvalue weighted by Crippen LogP contribution is 2.36. The number of anilines is 1. The number of ether oxygens (including phenoxy) is 2. The molecule has 5 heteroatoms. The van der Waals surface area contributed by atoms with E-state index in [4.69, 9.17) is 9.47 Å². The van der Waals surface area contributed by atoms with E-state index >= 15 is 0 Å². The van der Waals surface area contributed by atoms with Crippen LogP contribution in [0.5, 0.6) is 11.5 Å². The van der Waals surface area contributed by atoms with Crippen molar-refractivity contribution in [1.29, 1.82) is 0 Å². The van der Waals surface area contributed by atoms with E-state index in [9.17, 15) is 4.79 Å². The molecule has 3 rings (SSSR count). The molecule has 2 aliphatic rings. The van der Waals surface area contributed by atoms with Crippen LogP contribution in [0.25, 0.3) is 0 Å². The summed E-state index contributed by atoms with van der Waals surface area (Å²) in [5.74, 6) is 3.03. The van der Waals surface area contributed by atoms with E-state index in [-0.39, 0.29) is 5.91 Å². The fraction of sp³-hybridized carbons (Fsp3) is 0.632. The number of hydrogen-bond acceptors (Lipinski definition) is 4. The van der Waals surface area contributed by atoms with Crippen LogP contribution in [0.4, 0.5) is 5.69 Å². The Kier molecular flexibility index (Phi) is 5.61. The molecule has 0 bridgehead atoms. The lowest BCUT2D eigenvalue weighted by Crippen LogP contribution is -2.44. The number of amides is 1. The molecule has 0 unspecified atom stereocenters. The quantitative estimate of drug-likeness (QED) is 0.900. The second-order valence-electron chi connectivity index (χ2n) is 6.94. The van der Waals surface area contributed by atoms with Crippen molar-refractivity contribution in [2.45, 2.75) is 32.1 Å². The Morgan fingerprint density at radius 3 is 2.71 bits per heavy atom. The minimum Gasteiger partial charge on any atom is -0.497 e. The minimum absolute atomic E-state index is 0.0100. The van der Waals surface area contributed by atoms with Gasteiger partial charge in [-0.05, 0) is 43.4 Å². The Bertz CT molecular complexity index is 576. The number of carbonyl (C=O) groups is 1. The molecule has 1 aromatic rings. The van der Waals surface area contributed by atoms with Crippen LogP contribution in [-0.2, 0) is 4.79 Å². The standard InChI is InChI=1S/C19H28N2O3/c1-23-16-7-8-18(24-2)17(11-16)20-19(22)13-21-10-9-14-5-3-4-6-15(14)12-21/h7-8,11,14-15H,3-6,9-10,12-13H2,1-2H3,(H,20,22)/t14-,15-/m1/s1. The van der Waals surface area contributed by atoms with Crippen molar-refractivity contribution < 1.29 is 14.3 Å². The molecule has 1 amide bonds. The van der Waals surface area contributed by atoms with Crippen LogP contribution in [0.1, 0.15) is 32.1 Å². The van der Waals surface area contributed by atoms with Crippen molar-refractivity contribution in [3.05, 3.63) is 18.2 Å². The molecule has 1 heterocycles. The average molecular weight is 332 g/mol. The van der Waals surface area contributed by atoms with Gasteiger partial charge < -0.3 is 14.8 Å². The summed E-state index contributed by atoms with van der Waals surface area (Å²) in [4.78, 5) is 14.8. The van der Waals surface area contributed by atoms with E-state index in [2.05, 4.69) is 10.2 Å². The van der Waals surface area contributed by atoms with E-state index < -0.39 is 0 Å². The molecule has 1 saturated carbocycles. The van der Waals surface area contributed by atoms with Gasteiger partial charge in [0, 0.05) is 12.6 Å². The maximum absolute atomic E-state index is 12.5. The molecule has 1 saturated heterocycles. The Morgan fingerprint density at radius 2 is 1.96 bits per heavy atom. The van der Waals surface area contributed by atoms with Crippen LogP contribution in [0.15, 0.2) is 18.2 Å². The number of likely N-dealkylation sites (tertiary alicyclic amines) is 1. The van der Waals surface area contributed by atoms with Crippen molar-refractivity contribution in [3.8, 4) is 11.5 Å². The van der Waals surface area contributed by atoms with Gasteiger partial charge >= 0.3 is 0 Å². The first-order valence-corrected chi connectivity index (χ1v) is 8.94. The molecule has 0 spiro atoms. The van der Waals surface area contributed by atoms with E-state index in [1.54, 1.807) is 20.3 Å². The average Bonchev–Trinajstić information content (AvgIpc) is 2.61. The van der Waals surface area contributed by atoms with Gasteiger partial charge in [0.1, 0.15) is 11.5 Å². The number of carbonyl (C=O) groups excluding carboxylic acids is 1. The van der Waals surface area contributed by atoms with Gasteiger partial charge in [-0.1, -0.05) is 19.3 Å². The zero-order chi connectivity index (χ0) is 16.9. The molecular weight excluding hydrogens is 304 g/mol. The molecule has 1 aliphatic carbocycles. The third-order valence-electron chi connectivity index (χ3n) is 5.42. The summed E-state index contributed by atoms with van der Waals surface area (Å²) in [6.07, 6.45) is 6.68. The number of nitrogens with zero attached hydrogens (tertiary/aromatic N) is 1. The zero-order valence-corrected chi connectivity index (χ0v) is 14.7. The first-order valence-electron chi connectivity index (χ1n) is 8.94. The molecule has 132 valence electrons. The predicted octanol–water partition coefficient (Wildman–Crippen LogP) is 3.15. The third kappa shape index (κ3) is 4.01. The topological polar surface area (TPSA) is 50.8 Å². The lowest BCUT2D eigenvalue weighted by atomic mass is 9.75. The monoisotopic (exact) mass is 332 g/mol. The van der Waals surface area contributed by atoms with Crippen molar-refractivity contribution in [3.63, 3.8) is 0 Å². The van der Waals surface area contributed by atoms with E-state index in [1.807, 2.05) is 12.1 Å². The van der Waals surface area contributed by atoms with Gasteiger partial charge in [-0.2, -0.15) is 0 Å². The summed E-state index contributed by atoms with van der Waals surface area (Å²) in [6, 6.07) is 5.43. The molecule has 2 atom stereocenters. The summed E-state index contributed by atoms with van der Waals surface area (Å²) in [5, 5.41) is 2.97. The van der Waals surface area contributed by atoms with E-state index in [0.29, 0.717) is 23.7 Å². The first-order chi connectivity index (χ1) is 11.7. The minimum atomic E-state index is 0.0100. The number of benzene rings is 1. The first kappa shape index (κ1) is 17.1. The van der Waals surface area contributed by atoms with Crippen molar-refractivity contribution in [2.75, 3.05) is 39.2 Å². The highest BCUT2D eigenvalue weighted by atomic mass is 16.5. The Morgan fingerprint density at radius 1 is 1.17 bits per heavy atom. The maximum Gasteiger partial charge on any atom is 0.238 e. The largest absolute Gasteiger partial charge is 0.497 e. The van der Waals surface area contributed by atoms with Crippen LogP contribution in [0.2, 0.25) is 0 Å². The number of nitrogens with one attached hydrogen (secondary N) is 1. The van der Waals surface area contributed by atoms with Crippen LogP contribution in [0.3, 0.4) is 0 Å². The normalized spacial score (nSPS) is 24.1. The summed E-state index contributed by atoms with van der Waals surface area (Å²) >= 11 is 0. The molecular formula is C19H28N2O3. The van der Waals surface area contributed by atoms with Gasteiger partial charge in [-0.25, -0.2) is 0 Å². The highest BCUT2D eigenvalue weighted by molar-refractivity contribution is 5.94. The maximum atomic E-state index is 12.5. The Labute approximate surface area is 144 Å². The number of piperidine rings is 1. The van der Waals surface area contributed by atoms with Crippen molar-refractivity contribution >= 4 is 11.6 Å². The van der Waals surface area contributed by atoms with Crippen LogP contribution in [-0.4, -0.2) is 44.7 Å². The highest BCUT2D eigenvalue weighted by Gasteiger charge is 2.31. The second kappa shape index (κ2) is 7.88. The number of fused-ring (bicyclic) bond motifs is 1. The SMILES string of the molecule is COc1ccc(OC)c(NC(=O)CN2CC[C@H]3CCCC[C@@H]3C2)c1. The lowest BCUT2D eigenvalue weighted by molar-refractivity contribution is -0.118. The fourth-order valence-corrected chi connectivity index (χ4v) is 4.12. The summed E-state index contributed by atoms with van der Waals surface area (Å²) in [7, 11) is 3.22. The van der Waals surface area contributed by atoms with Crippen LogP contribution >= 0.6 is 0 Å². The van der Waals surface area contributed by atoms with Gasteiger partial charge in [0.15, 0.2) is 0 Å². The summed E-state index contributed by atoms with van der Waals surface area (Å²) in [6.45, 7) is 2.54. The number of hydrogen-bond donors (Lipinski definition) is 1. The molecule has 1 aromatic carbocycles. The zero-order valence-electron chi connectivity index (χ0n) is 14.7. The third-order valence-corrected chi connectivity index (χ3v) is 5.42. The van der Waals surface area contributed by atoms with Crippen LogP contribution in [0, 0.1) is 11.8 Å². The van der Waals surface area contributed by atoms with Crippen LogP contribution < -0.4 is 14.8 Å². The molecule has 24 heavy (non-hydrogen) atoms. The van der Waals surface area contributed by atoms with Gasteiger partial charge in [0.05, 0.1) is 26.5 Å². The molecule has 0 radical (unpaired) electrons. The molecule has 5 nitrogen and oxygen atoms in total. The lowest BCUT2D eigenvalue weighted by Gasteiger charge is -2.41. The van der Waals surface area contributed by atoms with Crippen molar-refractivity contribution in [2.24, 2.45) is 11.8 Å². The van der Waals surface area contributed by atoms with E-state index in [0.717, 1.165) is 24.9 Å². The van der Waals surface area contributed by atoms with Gasteiger partial charge in [0.2, 0.25) is 5.91 Å². The second-order valence-corrected chi connectivity index (χ2v) is 6.94. The Hall–Kier alpha value is -1.75. The van der Waals surface area contributed by atoms with Gasteiger partial charge in [0.25, 0.3) is 0 Å². The summed E-state index contributed by atoms with van der Waals surface area (Å²) < 4.78 is 10.6. The smallest absolute Gasteiger partial charge is 0.238 e. The van der Waals surface area contributed by atoms with Gasteiger partial charge in [-0.15, -0.1) is 0 Å². The fourth-order valence-electron chi connectivity index (χ4n) is 4.12. The van der Waals surface area contributed by atoms with Crippen molar-refractivity contribution in [1.82, 2.24) is 4.90 Å². The number of methoxy groups -OCH3 is 2. The van der Waals surface area contributed by atoms with E-state index in [1.165, 1.54) is 32.1 Å². The van der Waals surface area contributed by atoms with Gasteiger partial charge in [-0.3, -0.25) is 9.69 Å².